The molecule has 1 saturated heterocycles. The van der Waals surface area contributed by atoms with E-state index >= 15 is 0 Å². The highest BCUT2D eigenvalue weighted by atomic mass is 16.4. The fourth-order valence-electron chi connectivity index (χ4n) is 3.26. The molecule has 1 aromatic rings. The average Bonchev–Trinajstić information content (AvgIpc) is 3.15. The fraction of sp³-hybridized carbons (Fsp3) is 0.500. The molecule has 3 atom stereocenters. The van der Waals surface area contributed by atoms with E-state index in [9.17, 15) is 14.4 Å². The van der Waals surface area contributed by atoms with Crippen LogP contribution >= 0.6 is 0 Å². The lowest BCUT2D eigenvalue weighted by Crippen LogP contribution is -2.37. The average molecular weight is 330 g/mol. The molecular weight excluding hydrogens is 308 g/mol. The van der Waals surface area contributed by atoms with Gasteiger partial charge in [0.15, 0.2) is 0 Å². The maximum absolute atomic E-state index is 12.1. The summed E-state index contributed by atoms with van der Waals surface area (Å²) >= 11 is 0. The molecule has 0 radical (unpaired) electrons. The number of carboxylic acids is 1. The number of rotatable bonds is 6. The number of carbonyl (C=O) groups excluding carboxylic acids is 2. The normalized spacial score (nSPS) is 25.6. The molecule has 1 aliphatic heterocycles. The number of nitrogens with one attached hydrogen (secondary N) is 1. The highest BCUT2D eigenvalue weighted by Crippen LogP contribution is 2.37. The molecule has 2 aliphatic rings. The Kier molecular flexibility index (Phi) is 4.55. The molecule has 2 N–H and O–H groups in total. The van der Waals surface area contributed by atoms with E-state index in [1.165, 1.54) is 0 Å². The van der Waals surface area contributed by atoms with Crippen LogP contribution in [-0.4, -0.2) is 46.4 Å². The fourth-order valence-corrected chi connectivity index (χ4v) is 3.26. The van der Waals surface area contributed by atoms with Gasteiger partial charge in [-0.05, 0) is 36.5 Å². The Morgan fingerprint density at radius 1 is 1.29 bits per heavy atom. The number of carboxylic acid groups (broad SMARTS) is 1. The van der Waals surface area contributed by atoms with E-state index in [0.717, 1.165) is 12.0 Å². The summed E-state index contributed by atoms with van der Waals surface area (Å²) < 4.78 is 0. The van der Waals surface area contributed by atoms with E-state index in [2.05, 4.69) is 12.2 Å². The zero-order valence-electron chi connectivity index (χ0n) is 13.7. The van der Waals surface area contributed by atoms with Crippen LogP contribution in [0.2, 0.25) is 0 Å². The molecule has 6 nitrogen and oxygen atoms in total. The molecule has 0 bridgehead atoms. The van der Waals surface area contributed by atoms with Crippen molar-refractivity contribution in [3.8, 4) is 0 Å². The minimum absolute atomic E-state index is 0.0687. The van der Waals surface area contributed by atoms with Gasteiger partial charge in [0.1, 0.15) is 0 Å². The molecule has 24 heavy (non-hydrogen) atoms. The van der Waals surface area contributed by atoms with Gasteiger partial charge in [0.25, 0.3) is 0 Å². The van der Waals surface area contributed by atoms with Gasteiger partial charge in [0, 0.05) is 25.4 Å². The number of carbonyl (C=O) groups is 3. The zero-order valence-corrected chi connectivity index (χ0v) is 13.7. The number of amides is 2. The molecule has 6 heteroatoms. The summed E-state index contributed by atoms with van der Waals surface area (Å²) in [5.74, 6) is -0.309. The lowest BCUT2D eigenvalue weighted by atomic mass is 10.1. The van der Waals surface area contributed by atoms with Gasteiger partial charge < -0.3 is 15.3 Å². The summed E-state index contributed by atoms with van der Waals surface area (Å²) in [6.07, 6.45) is 2.34. The van der Waals surface area contributed by atoms with Crippen LogP contribution in [0.15, 0.2) is 24.3 Å². The number of benzene rings is 1. The number of aromatic carboxylic acids is 1. The third-order valence-corrected chi connectivity index (χ3v) is 4.83. The Bertz CT molecular complexity index is 655. The lowest BCUT2D eigenvalue weighted by Gasteiger charge is -2.17. The van der Waals surface area contributed by atoms with Crippen LogP contribution < -0.4 is 5.32 Å². The van der Waals surface area contributed by atoms with Gasteiger partial charge in [-0.1, -0.05) is 19.1 Å². The highest BCUT2D eigenvalue weighted by Gasteiger charge is 2.44. The van der Waals surface area contributed by atoms with Crippen molar-refractivity contribution in [2.75, 3.05) is 6.54 Å². The highest BCUT2D eigenvalue weighted by molar-refractivity contribution is 5.87. The van der Waals surface area contributed by atoms with Crippen molar-refractivity contribution in [3.05, 3.63) is 35.4 Å². The van der Waals surface area contributed by atoms with Crippen LogP contribution in [0.25, 0.3) is 0 Å². The Morgan fingerprint density at radius 3 is 2.54 bits per heavy atom. The summed E-state index contributed by atoms with van der Waals surface area (Å²) in [6.45, 7) is 2.76. The van der Waals surface area contributed by atoms with Crippen molar-refractivity contribution in [1.29, 1.82) is 0 Å². The van der Waals surface area contributed by atoms with Crippen LogP contribution in [0.5, 0.6) is 0 Å². The van der Waals surface area contributed by atoms with Crippen LogP contribution in [0.1, 0.15) is 42.1 Å². The first-order valence-corrected chi connectivity index (χ1v) is 8.35. The molecule has 1 aromatic carbocycles. The number of hydrogen-bond acceptors (Lipinski definition) is 3. The first-order valence-electron chi connectivity index (χ1n) is 8.35. The standard InChI is InChI=1S/C18H22N2O4/c1-11-8-15(11)20-10-14(9-17(20)22)19-16(21)7-4-12-2-5-13(6-3-12)18(23)24/h2-3,5-6,11,14-15H,4,7-10H2,1H3,(H,19,21)(H,23,24). The van der Waals surface area contributed by atoms with E-state index in [1.54, 1.807) is 24.3 Å². The zero-order chi connectivity index (χ0) is 17.3. The van der Waals surface area contributed by atoms with Crippen molar-refractivity contribution < 1.29 is 19.5 Å². The van der Waals surface area contributed by atoms with Crippen molar-refractivity contribution >= 4 is 17.8 Å². The third-order valence-electron chi connectivity index (χ3n) is 4.83. The van der Waals surface area contributed by atoms with Gasteiger partial charge in [0.05, 0.1) is 11.6 Å². The summed E-state index contributed by atoms with van der Waals surface area (Å²) in [6, 6.07) is 6.82. The van der Waals surface area contributed by atoms with Gasteiger partial charge in [-0.2, -0.15) is 0 Å². The van der Waals surface area contributed by atoms with Crippen LogP contribution in [0.3, 0.4) is 0 Å². The smallest absolute Gasteiger partial charge is 0.335 e. The Hall–Kier alpha value is -2.37. The van der Waals surface area contributed by atoms with Gasteiger partial charge >= 0.3 is 5.97 Å². The minimum Gasteiger partial charge on any atom is -0.478 e. The minimum atomic E-state index is -0.959. The molecule has 2 fully saturated rings. The van der Waals surface area contributed by atoms with Gasteiger partial charge in [-0.15, -0.1) is 0 Å². The van der Waals surface area contributed by atoms with Crippen LogP contribution in [0.4, 0.5) is 0 Å². The molecule has 0 aromatic heterocycles. The van der Waals surface area contributed by atoms with Crippen LogP contribution in [-0.2, 0) is 16.0 Å². The van der Waals surface area contributed by atoms with Crippen molar-refractivity contribution in [1.82, 2.24) is 10.2 Å². The van der Waals surface area contributed by atoms with Gasteiger partial charge in [0.2, 0.25) is 11.8 Å². The molecular formula is C18H22N2O4. The maximum atomic E-state index is 12.1. The molecule has 3 unspecified atom stereocenters. The summed E-state index contributed by atoms with van der Waals surface area (Å²) in [5.41, 5.74) is 1.16. The quantitative estimate of drug-likeness (QED) is 0.826. The number of nitrogens with zero attached hydrogens (tertiary/aromatic N) is 1. The molecule has 0 spiro atoms. The second kappa shape index (κ2) is 6.63. The monoisotopic (exact) mass is 330 g/mol. The molecule has 2 amide bonds. The molecule has 3 rings (SSSR count). The first-order chi connectivity index (χ1) is 11.4. The molecule has 1 saturated carbocycles. The topological polar surface area (TPSA) is 86.7 Å². The lowest BCUT2D eigenvalue weighted by molar-refractivity contribution is -0.128. The molecule has 1 aliphatic carbocycles. The predicted molar refractivity (Wildman–Crippen MR) is 87.6 cm³/mol. The summed E-state index contributed by atoms with van der Waals surface area (Å²) in [7, 11) is 0. The maximum Gasteiger partial charge on any atom is 0.335 e. The molecule has 1 heterocycles. The van der Waals surface area contributed by atoms with Crippen molar-refractivity contribution in [2.24, 2.45) is 5.92 Å². The van der Waals surface area contributed by atoms with Crippen LogP contribution in [0, 0.1) is 5.92 Å². The van der Waals surface area contributed by atoms with E-state index in [4.69, 9.17) is 5.11 Å². The largest absolute Gasteiger partial charge is 0.478 e. The number of likely N-dealkylation sites (tertiary alicyclic amines) is 1. The predicted octanol–water partition coefficient (Wildman–Crippen LogP) is 1.44. The SMILES string of the molecule is CC1CC1N1CC(NC(=O)CCc2ccc(C(=O)O)cc2)CC1=O. The van der Waals surface area contributed by atoms with Gasteiger partial charge in [-0.3, -0.25) is 9.59 Å². The Balaban J connectivity index is 1.44. The number of aryl methyl sites for hydroxylation is 1. The van der Waals surface area contributed by atoms with Crippen molar-refractivity contribution in [3.63, 3.8) is 0 Å². The Morgan fingerprint density at radius 2 is 1.96 bits per heavy atom. The van der Waals surface area contributed by atoms with E-state index in [1.807, 2.05) is 4.90 Å². The second-order valence-corrected chi connectivity index (χ2v) is 6.80. The van der Waals surface area contributed by atoms with Crippen molar-refractivity contribution in [2.45, 2.75) is 44.7 Å². The first kappa shape index (κ1) is 16.5. The Labute approximate surface area is 140 Å². The van der Waals surface area contributed by atoms with E-state index in [0.29, 0.717) is 37.8 Å². The second-order valence-electron chi connectivity index (χ2n) is 6.80. The van der Waals surface area contributed by atoms with E-state index < -0.39 is 5.97 Å². The summed E-state index contributed by atoms with van der Waals surface area (Å²) in [4.78, 5) is 36.8. The molecule has 128 valence electrons. The summed E-state index contributed by atoms with van der Waals surface area (Å²) in [5, 5.41) is 11.8. The third kappa shape index (κ3) is 3.75. The number of hydrogen-bond donors (Lipinski definition) is 2. The van der Waals surface area contributed by atoms with E-state index in [-0.39, 0.29) is 23.4 Å². The van der Waals surface area contributed by atoms with Gasteiger partial charge in [-0.25, -0.2) is 4.79 Å².